The minimum atomic E-state index is -0.475. The molecule has 0 atom stereocenters. The van der Waals surface area contributed by atoms with Crippen molar-refractivity contribution < 1.29 is 13.6 Å². The summed E-state index contributed by atoms with van der Waals surface area (Å²) in [5.74, 6) is 0.802. The molecule has 2 N–H and O–H groups in total. The number of oxazole rings is 1. The largest absolute Gasteiger partial charge is 0.441 e. The number of aromatic nitrogens is 1. The molecule has 0 radical (unpaired) electrons. The van der Waals surface area contributed by atoms with Crippen molar-refractivity contribution in [1.29, 1.82) is 0 Å². The van der Waals surface area contributed by atoms with Gasteiger partial charge in [0, 0.05) is 18.5 Å². The van der Waals surface area contributed by atoms with Crippen LogP contribution in [-0.2, 0) is 6.42 Å². The lowest BCUT2D eigenvalue weighted by molar-refractivity contribution is 0.252. The number of para-hydroxylation sites is 1. The molecule has 3 aromatic rings. The Hall–Kier alpha value is -3.15. The highest BCUT2D eigenvalue weighted by Gasteiger charge is 2.12. The topological polar surface area (TPSA) is 67.2 Å². The van der Waals surface area contributed by atoms with Crippen LogP contribution in [0.4, 0.5) is 14.9 Å². The molecule has 2 aromatic carbocycles. The van der Waals surface area contributed by atoms with Crippen LogP contribution < -0.4 is 10.6 Å². The van der Waals surface area contributed by atoms with E-state index < -0.39 is 11.8 Å². The molecule has 1 aromatic heterocycles. The Labute approximate surface area is 144 Å². The van der Waals surface area contributed by atoms with Crippen LogP contribution in [0.1, 0.15) is 11.5 Å². The van der Waals surface area contributed by atoms with Gasteiger partial charge in [0.15, 0.2) is 0 Å². The minimum Gasteiger partial charge on any atom is -0.441 e. The summed E-state index contributed by atoms with van der Waals surface area (Å²) in [5.41, 5.74) is 1.83. The lowest BCUT2D eigenvalue weighted by atomic mass is 10.2. The van der Waals surface area contributed by atoms with Gasteiger partial charge in [-0.3, -0.25) is 0 Å². The molecule has 0 saturated heterocycles. The van der Waals surface area contributed by atoms with Crippen molar-refractivity contribution >= 4 is 11.7 Å². The standard InChI is InChI=1S/C19H18FN3O2/c1-13-16(22-18(25-13)14-7-3-2-4-8-14)11-12-21-19(24)23-17-10-6-5-9-15(17)20/h2-10H,11-12H2,1H3,(H2,21,23,24). The normalized spacial score (nSPS) is 10.5. The van der Waals surface area contributed by atoms with Crippen molar-refractivity contribution in [3.8, 4) is 11.5 Å². The number of aryl methyl sites for hydroxylation is 1. The summed E-state index contributed by atoms with van der Waals surface area (Å²) in [5, 5.41) is 5.16. The second-order valence-electron chi connectivity index (χ2n) is 5.50. The van der Waals surface area contributed by atoms with Gasteiger partial charge in [-0.2, -0.15) is 0 Å². The Morgan fingerprint density at radius 3 is 2.60 bits per heavy atom. The molecule has 0 unspecified atom stereocenters. The Kier molecular flexibility index (Phi) is 5.09. The third kappa shape index (κ3) is 4.23. The first-order chi connectivity index (χ1) is 12.1. The van der Waals surface area contributed by atoms with E-state index in [2.05, 4.69) is 15.6 Å². The number of urea groups is 1. The highest BCUT2D eigenvalue weighted by atomic mass is 19.1. The average molecular weight is 339 g/mol. The van der Waals surface area contributed by atoms with Crippen molar-refractivity contribution in [2.45, 2.75) is 13.3 Å². The molecule has 0 fully saturated rings. The molecule has 0 spiro atoms. The Bertz CT molecular complexity index is 862. The van der Waals surface area contributed by atoms with E-state index in [4.69, 9.17) is 4.42 Å². The van der Waals surface area contributed by atoms with E-state index in [9.17, 15) is 9.18 Å². The number of benzene rings is 2. The van der Waals surface area contributed by atoms with E-state index in [0.29, 0.717) is 18.9 Å². The molecule has 1 heterocycles. The van der Waals surface area contributed by atoms with Crippen molar-refractivity contribution in [3.63, 3.8) is 0 Å². The highest BCUT2D eigenvalue weighted by Crippen LogP contribution is 2.21. The first-order valence-corrected chi connectivity index (χ1v) is 7.94. The zero-order valence-electron chi connectivity index (χ0n) is 13.8. The van der Waals surface area contributed by atoms with Crippen LogP contribution in [0.25, 0.3) is 11.5 Å². The monoisotopic (exact) mass is 339 g/mol. The Morgan fingerprint density at radius 1 is 1.12 bits per heavy atom. The molecule has 0 aliphatic heterocycles. The molecule has 0 saturated carbocycles. The SMILES string of the molecule is Cc1oc(-c2ccccc2)nc1CCNC(=O)Nc1ccccc1F. The van der Waals surface area contributed by atoms with Gasteiger partial charge in [-0.25, -0.2) is 14.2 Å². The van der Waals surface area contributed by atoms with Gasteiger partial charge in [-0.1, -0.05) is 30.3 Å². The smallest absolute Gasteiger partial charge is 0.319 e. The highest BCUT2D eigenvalue weighted by molar-refractivity contribution is 5.89. The number of anilines is 1. The van der Waals surface area contributed by atoms with Crippen molar-refractivity contribution in [1.82, 2.24) is 10.3 Å². The summed E-state index contributed by atoms with van der Waals surface area (Å²) in [4.78, 5) is 16.3. The molecular formula is C19H18FN3O2. The number of hydrogen-bond donors (Lipinski definition) is 2. The van der Waals surface area contributed by atoms with Gasteiger partial charge in [0.2, 0.25) is 5.89 Å². The maximum atomic E-state index is 13.5. The lowest BCUT2D eigenvalue weighted by Crippen LogP contribution is -2.30. The summed E-state index contributed by atoms with van der Waals surface area (Å²) >= 11 is 0. The number of halogens is 1. The van der Waals surface area contributed by atoms with Crippen LogP contribution in [0, 0.1) is 12.7 Å². The van der Waals surface area contributed by atoms with Gasteiger partial charge in [0.1, 0.15) is 11.6 Å². The number of amides is 2. The number of rotatable bonds is 5. The van der Waals surface area contributed by atoms with E-state index in [0.717, 1.165) is 17.0 Å². The molecular weight excluding hydrogens is 321 g/mol. The number of carbonyl (C=O) groups is 1. The number of nitrogens with one attached hydrogen (secondary N) is 2. The van der Waals surface area contributed by atoms with Gasteiger partial charge >= 0.3 is 6.03 Å². The molecule has 0 bridgehead atoms. The third-order valence-electron chi connectivity index (χ3n) is 3.68. The van der Waals surface area contributed by atoms with Crippen LogP contribution in [0.2, 0.25) is 0 Å². The van der Waals surface area contributed by atoms with E-state index in [1.807, 2.05) is 37.3 Å². The molecule has 3 rings (SSSR count). The number of carbonyl (C=O) groups excluding carboxylic acids is 1. The summed E-state index contributed by atoms with van der Waals surface area (Å²) in [6.45, 7) is 2.20. The molecule has 0 aliphatic carbocycles. The molecule has 6 heteroatoms. The predicted octanol–water partition coefficient (Wildman–Crippen LogP) is 4.15. The van der Waals surface area contributed by atoms with Crippen LogP contribution in [0.3, 0.4) is 0 Å². The zero-order valence-corrected chi connectivity index (χ0v) is 13.8. The van der Waals surface area contributed by atoms with Gasteiger partial charge in [0.25, 0.3) is 0 Å². The van der Waals surface area contributed by atoms with E-state index >= 15 is 0 Å². The van der Waals surface area contributed by atoms with Gasteiger partial charge in [-0.05, 0) is 31.2 Å². The first kappa shape index (κ1) is 16.7. The Balaban J connectivity index is 1.55. The quantitative estimate of drug-likeness (QED) is 0.734. The van der Waals surface area contributed by atoms with Crippen molar-refractivity contribution in [2.75, 3.05) is 11.9 Å². The van der Waals surface area contributed by atoms with Gasteiger partial charge in [0.05, 0.1) is 11.4 Å². The molecule has 25 heavy (non-hydrogen) atoms. The predicted molar refractivity (Wildman–Crippen MR) is 93.8 cm³/mol. The fourth-order valence-corrected chi connectivity index (χ4v) is 2.39. The molecule has 128 valence electrons. The van der Waals surface area contributed by atoms with E-state index in [-0.39, 0.29) is 5.69 Å². The second-order valence-corrected chi connectivity index (χ2v) is 5.50. The molecule has 5 nitrogen and oxygen atoms in total. The van der Waals surface area contributed by atoms with Crippen molar-refractivity contribution in [3.05, 3.63) is 71.9 Å². The molecule has 0 aliphatic rings. The maximum Gasteiger partial charge on any atom is 0.319 e. The van der Waals surface area contributed by atoms with Crippen LogP contribution in [0.5, 0.6) is 0 Å². The van der Waals surface area contributed by atoms with E-state index in [1.165, 1.54) is 12.1 Å². The minimum absolute atomic E-state index is 0.143. The average Bonchev–Trinajstić information content (AvgIpc) is 2.99. The van der Waals surface area contributed by atoms with Crippen LogP contribution in [0.15, 0.2) is 59.0 Å². The van der Waals surface area contributed by atoms with Crippen LogP contribution >= 0.6 is 0 Å². The number of nitrogens with zero attached hydrogens (tertiary/aromatic N) is 1. The lowest BCUT2D eigenvalue weighted by Gasteiger charge is -2.07. The summed E-state index contributed by atoms with van der Waals surface area (Å²) in [7, 11) is 0. The molecule has 2 amide bonds. The Morgan fingerprint density at radius 2 is 1.84 bits per heavy atom. The summed E-state index contributed by atoms with van der Waals surface area (Å²) in [6, 6.07) is 15.2. The summed E-state index contributed by atoms with van der Waals surface area (Å²) in [6.07, 6.45) is 0.521. The van der Waals surface area contributed by atoms with Crippen molar-refractivity contribution in [2.24, 2.45) is 0 Å². The third-order valence-corrected chi connectivity index (χ3v) is 3.68. The maximum absolute atomic E-state index is 13.5. The van der Waals surface area contributed by atoms with Crippen LogP contribution in [-0.4, -0.2) is 17.6 Å². The van der Waals surface area contributed by atoms with Gasteiger partial charge < -0.3 is 15.1 Å². The van der Waals surface area contributed by atoms with Gasteiger partial charge in [-0.15, -0.1) is 0 Å². The number of hydrogen-bond acceptors (Lipinski definition) is 3. The zero-order chi connectivity index (χ0) is 17.6. The fourth-order valence-electron chi connectivity index (χ4n) is 2.39. The second kappa shape index (κ2) is 7.61. The van der Waals surface area contributed by atoms with E-state index in [1.54, 1.807) is 12.1 Å². The summed E-state index contributed by atoms with van der Waals surface area (Å²) < 4.78 is 19.2. The first-order valence-electron chi connectivity index (χ1n) is 7.94. The fraction of sp³-hybridized carbons (Fsp3) is 0.158.